The summed E-state index contributed by atoms with van der Waals surface area (Å²) in [6.07, 6.45) is 0. The molecule has 1 fully saturated rings. The smallest absolute Gasteiger partial charge is 0.378 e. The number of carbonyl (C=O) groups is 1. The summed E-state index contributed by atoms with van der Waals surface area (Å²) < 4.78 is 30.2. The Kier molecular flexibility index (Phi) is 4.12. The van der Waals surface area contributed by atoms with Crippen LogP contribution >= 0.6 is 11.8 Å². The van der Waals surface area contributed by atoms with Crippen molar-refractivity contribution in [3.05, 3.63) is 0 Å². The summed E-state index contributed by atoms with van der Waals surface area (Å²) in [5, 5.41) is 2.63. The molecule has 0 unspecified atom stereocenters. The van der Waals surface area contributed by atoms with Crippen LogP contribution in [0.3, 0.4) is 0 Å². The molecular formula is C8H13F2NO2S. The van der Waals surface area contributed by atoms with Gasteiger partial charge in [-0.1, -0.05) is 0 Å². The van der Waals surface area contributed by atoms with Crippen LogP contribution in [-0.2, 0) is 9.53 Å². The first-order valence-corrected chi connectivity index (χ1v) is 5.58. The number of hydrogen-bond acceptors (Lipinski definition) is 4. The fourth-order valence-electron chi connectivity index (χ4n) is 0.935. The molecule has 0 aliphatic carbocycles. The Balaban J connectivity index is 2.27. The van der Waals surface area contributed by atoms with Gasteiger partial charge < -0.3 is 10.1 Å². The lowest BCUT2D eigenvalue weighted by atomic mass is 10.3. The predicted octanol–water partition coefficient (Wildman–Crippen LogP) is 0.890. The number of alkyl halides is 2. The molecule has 0 spiro atoms. The predicted molar refractivity (Wildman–Crippen MR) is 50.7 cm³/mol. The van der Waals surface area contributed by atoms with Crippen LogP contribution in [0, 0.1) is 0 Å². The molecule has 0 amide bonds. The molecule has 1 rings (SSSR count). The second kappa shape index (κ2) is 4.93. The summed E-state index contributed by atoms with van der Waals surface area (Å²) in [6.45, 7) is 0.856. The van der Waals surface area contributed by atoms with Crippen molar-refractivity contribution in [1.29, 1.82) is 0 Å². The van der Waals surface area contributed by atoms with Crippen molar-refractivity contribution in [3.8, 4) is 0 Å². The fraction of sp³-hybridized carbons (Fsp3) is 0.875. The van der Waals surface area contributed by atoms with E-state index in [4.69, 9.17) is 0 Å². The van der Waals surface area contributed by atoms with Gasteiger partial charge in [-0.15, -0.1) is 0 Å². The molecule has 1 saturated heterocycles. The lowest BCUT2D eigenvalue weighted by Crippen LogP contribution is -2.49. The molecule has 3 nitrogen and oxygen atoms in total. The van der Waals surface area contributed by atoms with Gasteiger partial charge in [-0.25, -0.2) is 4.79 Å². The van der Waals surface area contributed by atoms with Gasteiger partial charge in [-0.3, -0.25) is 0 Å². The van der Waals surface area contributed by atoms with Gasteiger partial charge in [0, 0.05) is 17.5 Å². The lowest BCUT2D eigenvalue weighted by molar-refractivity contribution is -0.170. The number of thioether (sulfide) groups is 1. The highest BCUT2D eigenvalue weighted by atomic mass is 32.2. The van der Waals surface area contributed by atoms with Crippen molar-refractivity contribution in [2.24, 2.45) is 0 Å². The molecule has 82 valence electrons. The molecule has 1 N–H and O–H groups in total. The number of esters is 1. The van der Waals surface area contributed by atoms with Crippen molar-refractivity contribution in [1.82, 2.24) is 5.32 Å². The molecule has 0 aromatic rings. The molecule has 0 radical (unpaired) electrons. The molecule has 0 aromatic carbocycles. The highest BCUT2D eigenvalue weighted by molar-refractivity contribution is 8.00. The SMILES string of the molecule is CCOC(=O)C(F)(F)CNC1CSC1. The maximum Gasteiger partial charge on any atom is 0.378 e. The van der Waals surface area contributed by atoms with E-state index in [1.807, 2.05) is 0 Å². The summed E-state index contributed by atoms with van der Waals surface area (Å²) in [5.74, 6) is -3.19. The number of hydrogen-bond donors (Lipinski definition) is 1. The largest absolute Gasteiger partial charge is 0.462 e. The van der Waals surface area contributed by atoms with E-state index in [0.29, 0.717) is 0 Å². The number of nitrogens with one attached hydrogen (secondary N) is 1. The number of ether oxygens (including phenoxy) is 1. The highest BCUT2D eigenvalue weighted by Gasteiger charge is 2.41. The lowest BCUT2D eigenvalue weighted by Gasteiger charge is -2.27. The minimum absolute atomic E-state index is 0.0201. The van der Waals surface area contributed by atoms with E-state index in [0.717, 1.165) is 11.5 Å². The molecule has 1 aliphatic rings. The molecule has 0 saturated carbocycles. The van der Waals surface area contributed by atoms with Gasteiger partial charge in [0.1, 0.15) is 0 Å². The van der Waals surface area contributed by atoms with E-state index >= 15 is 0 Å². The number of halogens is 2. The van der Waals surface area contributed by atoms with Crippen molar-refractivity contribution < 1.29 is 18.3 Å². The molecule has 1 heterocycles. The van der Waals surface area contributed by atoms with Crippen LogP contribution in [0.5, 0.6) is 0 Å². The zero-order valence-electron chi connectivity index (χ0n) is 7.89. The third kappa shape index (κ3) is 3.09. The Hall–Kier alpha value is -0.360. The Bertz CT molecular complexity index is 210. The van der Waals surface area contributed by atoms with Crippen LogP contribution in [0.25, 0.3) is 0 Å². The van der Waals surface area contributed by atoms with Crippen LogP contribution in [0.15, 0.2) is 0 Å². The van der Waals surface area contributed by atoms with Crippen LogP contribution in [0.1, 0.15) is 6.92 Å². The third-order valence-corrected chi connectivity index (χ3v) is 3.10. The van der Waals surface area contributed by atoms with Gasteiger partial charge in [0.05, 0.1) is 13.2 Å². The summed E-state index contributed by atoms with van der Waals surface area (Å²) in [7, 11) is 0. The standard InChI is InChI=1S/C8H13F2NO2S/c1-2-13-7(12)8(9,10)5-11-6-3-14-4-6/h6,11H,2-5H2,1H3. The van der Waals surface area contributed by atoms with Crippen molar-refractivity contribution in [3.63, 3.8) is 0 Å². The second-order valence-corrected chi connectivity index (χ2v) is 4.12. The summed E-state index contributed by atoms with van der Waals surface area (Å²) in [5.41, 5.74) is 0. The average Bonchev–Trinajstić information content (AvgIpc) is 2.01. The number of rotatable bonds is 5. The Labute approximate surface area is 85.6 Å². The molecule has 0 bridgehead atoms. The Morgan fingerprint density at radius 1 is 1.64 bits per heavy atom. The molecule has 0 aromatic heterocycles. The first kappa shape index (κ1) is 11.7. The summed E-state index contributed by atoms with van der Waals surface area (Å²) in [6, 6.07) is 0.111. The monoisotopic (exact) mass is 225 g/mol. The van der Waals surface area contributed by atoms with Crippen molar-refractivity contribution in [2.45, 2.75) is 18.9 Å². The van der Waals surface area contributed by atoms with Gasteiger partial charge in [0.25, 0.3) is 0 Å². The van der Waals surface area contributed by atoms with E-state index in [2.05, 4.69) is 10.1 Å². The maximum atomic E-state index is 13.0. The third-order valence-electron chi connectivity index (χ3n) is 1.82. The minimum atomic E-state index is -3.41. The average molecular weight is 225 g/mol. The van der Waals surface area contributed by atoms with Crippen molar-refractivity contribution in [2.75, 3.05) is 24.7 Å². The number of carbonyl (C=O) groups excluding carboxylic acids is 1. The van der Waals surface area contributed by atoms with E-state index < -0.39 is 18.4 Å². The van der Waals surface area contributed by atoms with Crippen LogP contribution in [-0.4, -0.2) is 42.6 Å². The normalized spacial score (nSPS) is 17.6. The molecule has 6 heteroatoms. The van der Waals surface area contributed by atoms with Crippen LogP contribution in [0.2, 0.25) is 0 Å². The molecule has 1 aliphatic heterocycles. The van der Waals surface area contributed by atoms with Gasteiger partial charge >= 0.3 is 11.9 Å². The summed E-state index contributed by atoms with van der Waals surface area (Å²) in [4.78, 5) is 10.8. The van der Waals surface area contributed by atoms with Crippen molar-refractivity contribution >= 4 is 17.7 Å². The van der Waals surface area contributed by atoms with E-state index in [1.54, 1.807) is 11.8 Å². The Morgan fingerprint density at radius 2 is 2.29 bits per heavy atom. The van der Waals surface area contributed by atoms with Crippen LogP contribution in [0.4, 0.5) is 8.78 Å². The minimum Gasteiger partial charge on any atom is -0.462 e. The maximum absolute atomic E-state index is 13.0. The van der Waals surface area contributed by atoms with E-state index in [-0.39, 0.29) is 12.6 Å². The van der Waals surface area contributed by atoms with Crippen LogP contribution < -0.4 is 5.32 Å². The fourth-order valence-corrected chi connectivity index (χ4v) is 1.64. The Morgan fingerprint density at radius 3 is 2.71 bits per heavy atom. The molecule has 0 atom stereocenters. The quantitative estimate of drug-likeness (QED) is 0.705. The summed E-state index contributed by atoms with van der Waals surface area (Å²) >= 11 is 1.69. The molecule has 14 heavy (non-hydrogen) atoms. The first-order chi connectivity index (χ1) is 6.56. The van der Waals surface area contributed by atoms with Gasteiger partial charge in [0.15, 0.2) is 0 Å². The second-order valence-electron chi connectivity index (χ2n) is 3.04. The van der Waals surface area contributed by atoms with E-state index in [1.165, 1.54) is 6.92 Å². The topological polar surface area (TPSA) is 38.3 Å². The van der Waals surface area contributed by atoms with Gasteiger partial charge in [0.2, 0.25) is 0 Å². The van der Waals surface area contributed by atoms with E-state index in [9.17, 15) is 13.6 Å². The first-order valence-electron chi connectivity index (χ1n) is 4.42. The van der Waals surface area contributed by atoms with Gasteiger partial charge in [-0.2, -0.15) is 20.5 Å². The molecular weight excluding hydrogens is 212 g/mol. The zero-order valence-corrected chi connectivity index (χ0v) is 8.70. The zero-order chi connectivity index (χ0) is 10.6. The highest BCUT2D eigenvalue weighted by Crippen LogP contribution is 2.20. The van der Waals surface area contributed by atoms with Gasteiger partial charge in [-0.05, 0) is 6.92 Å².